The first-order chi connectivity index (χ1) is 6.00. The molecule has 0 aromatic heterocycles. The Kier molecular flexibility index (Phi) is 3.53. The lowest BCUT2D eigenvalue weighted by atomic mass is 10.0. The summed E-state index contributed by atoms with van der Waals surface area (Å²) in [7, 11) is 0. The molecule has 0 radical (unpaired) electrons. The van der Waals surface area contributed by atoms with Crippen LogP contribution in [0.3, 0.4) is 0 Å². The molecule has 1 aliphatic heterocycles. The SMILES string of the molecule is FC(CCC1CCNC1)C(F)(F)F. The lowest BCUT2D eigenvalue weighted by molar-refractivity contribution is -0.182. The summed E-state index contributed by atoms with van der Waals surface area (Å²) in [5.41, 5.74) is 0. The monoisotopic (exact) mass is 199 g/mol. The Labute approximate surface area is 74.5 Å². The van der Waals surface area contributed by atoms with Crippen molar-refractivity contribution < 1.29 is 17.6 Å². The van der Waals surface area contributed by atoms with Crippen molar-refractivity contribution in [1.82, 2.24) is 5.32 Å². The quantitative estimate of drug-likeness (QED) is 0.687. The second kappa shape index (κ2) is 4.26. The van der Waals surface area contributed by atoms with Crippen molar-refractivity contribution in [3.63, 3.8) is 0 Å². The van der Waals surface area contributed by atoms with Gasteiger partial charge in [-0.25, -0.2) is 4.39 Å². The highest BCUT2D eigenvalue weighted by atomic mass is 19.4. The van der Waals surface area contributed by atoms with Gasteiger partial charge < -0.3 is 5.32 Å². The summed E-state index contributed by atoms with van der Waals surface area (Å²) in [6, 6.07) is 0. The predicted molar refractivity (Wildman–Crippen MR) is 41.2 cm³/mol. The number of hydrogen-bond acceptors (Lipinski definition) is 1. The summed E-state index contributed by atoms with van der Waals surface area (Å²) >= 11 is 0. The molecule has 1 N–H and O–H groups in total. The normalized spacial score (nSPS) is 26.3. The Morgan fingerprint density at radius 2 is 2.08 bits per heavy atom. The van der Waals surface area contributed by atoms with Gasteiger partial charge in [0.25, 0.3) is 0 Å². The number of hydrogen-bond donors (Lipinski definition) is 1. The van der Waals surface area contributed by atoms with E-state index < -0.39 is 18.8 Å². The molecule has 2 unspecified atom stereocenters. The summed E-state index contributed by atoms with van der Waals surface area (Å²) < 4.78 is 47.6. The Morgan fingerprint density at radius 1 is 1.38 bits per heavy atom. The molecule has 0 aromatic rings. The molecule has 0 aromatic carbocycles. The number of nitrogens with one attached hydrogen (secondary N) is 1. The number of rotatable bonds is 3. The van der Waals surface area contributed by atoms with Crippen molar-refractivity contribution in [3.8, 4) is 0 Å². The highest BCUT2D eigenvalue weighted by Gasteiger charge is 2.39. The third kappa shape index (κ3) is 3.50. The van der Waals surface area contributed by atoms with Crippen molar-refractivity contribution in [1.29, 1.82) is 0 Å². The first kappa shape index (κ1) is 10.8. The molecule has 0 saturated carbocycles. The molecule has 1 heterocycles. The van der Waals surface area contributed by atoms with Crippen LogP contribution in [0.4, 0.5) is 17.6 Å². The Morgan fingerprint density at radius 3 is 2.54 bits per heavy atom. The third-order valence-corrected chi connectivity index (χ3v) is 2.35. The lowest BCUT2D eigenvalue weighted by Crippen LogP contribution is -2.25. The molecular weight excluding hydrogens is 186 g/mol. The highest BCUT2D eigenvalue weighted by Crippen LogP contribution is 2.28. The van der Waals surface area contributed by atoms with Gasteiger partial charge in [-0.2, -0.15) is 13.2 Å². The molecule has 2 atom stereocenters. The van der Waals surface area contributed by atoms with Crippen LogP contribution < -0.4 is 5.32 Å². The van der Waals surface area contributed by atoms with Crippen molar-refractivity contribution >= 4 is 0 Å². The zero-order valence-corrected chi connectivity index (χ0v) is 7.20. The number of halogens is 4. The summed E-state index contributed by atoms with van der Waals surface area (Å²) in [6.45, 7) is 1.57. The smallest absolute Gasteiger partial charge is 0.316 e. The van der Waals surface area contributed by atoms with Crippen LogP contribution in [-0.4, -0.2) is 25.4 Å². The van der Waals surface area contributed by atoms with Gasteiger partial charge in [-0.1, -0.05) is 0 Å². The Bertz CT molecular complexity index is 151. The third-order valence-electron chi connectivity index (χ3n) is 2.35. The molecule has 0 amide bonds. The van der Waals surface area contributed by atoms with Gasteiger partial charge in [0, 0.05) is 0 Å². The van der Waals surface area contributed by atoms with Gasteiger partial charge in [-0.15, -0.1) is 0 Å². The van der Waals surface area contributed by atoms with Crippen LogP contribution in [0.15, 0.2) is 0 Å². The molecule has 0 bridgehead atoms. The van der Waals surface area contributed by atoms with Gasteiger partial charge in [0.1, 0.15) is 0 Å². The van der Waals surface area contributed by atoms with Crippen LogP contribution in [0.25, 0.3) is 0 Å². The molecule has 78 valence electrons. The maximum absolute atomic E-state index is 12.4. The average Bonchev–Trinajstić information content (AvgIpc) is 2.50. The van der Waals surface area contributed by atoms with E-state index in [0.29, 0.717) is 6.42 Å². The first-order valence-electron chi connectivity index (χ1n) is 4.41. The van der Waals surface area contributed by atoms with Crippen molar-refractivity contribution in [2.45, 2.75) is 31.6 Å². The van der Waals surface area contributed by atoms with E-state index in [2.05, 4.69) is 5.32 Å². The van der Waals surface area contributed by atoms with Crippen LogP contribution in [0.5, 0.6) is 0 Å². The lowest BCUT2D eigenvalue weighted by Gasteiger charge is -2.14. The van der Waals surface area contributed by atoms with Gasteiger partial charge in [0.05, 0.1) is 0 Å². The van der Waals surface area contributed by atoms with E-state index in [1.54, 1.807) is 0 Å². The van der Waals surface area contributed by atoms with E-state index in [9.17, 15) is 17.6 Å². The molecule has 1 fully saturated rings. The van der Waals surface area contributed by atoms with Gasteiger partial charge in [-0.05, 0) is 38.3 Å². The van der Waals surface area contributed by atoms with E-state index in [4.69, 9.17) is 0 Å². The Balaban J connectivity index is 2.17. The van der Waals surface area contributed by atoms with E-state index >= 15 is 0 Å². The van der Waals surface area contributed by atoms with Gasteiger partial charge >= 0.3 is 6.18 Å². The largest absolute Gasteiger partial charge is 0.419 e. The summed E-state index contributed by atoms with van der Waals surface area (Å²) in [5, 5.41) is 3.03. The van der Waals surface area contributed by atoms with Crippen molar-refractivity contribution in [2.24, 2.45) is 5.92 Å². The topological polar surface area (TPSA) is 12.0 Å². The van der Waals surface area contributed by atoms with Crippen LogP contribution in [-0.2, 0) is 0 Å². The fourth-order valence-corrected chi connectivity index (χ4v) is 1.51. The summed E-state index contributed by atoms with van der Waals surface area (Å²) in [5.74, 6) is 0.223. The van der Waals surface area contributed by atoms with Gasteiger partial charge in [-0.3, -0.25) is 0 Å². The summed E-state index contributed by atoms with van der Waals surface area (Å²) in [6.07, 6.45) is -6.52. The Hall–Kier alpha value is -0.320. The minimum Gasteiger partial charge on any atom is -0.316 e. The minimum absolute atomic E-state index is 0.223. The molecular formula is C8H13F4N. The van der Waals surface area contributed by atoms with Crippen LogP contribution in [0, 0.1) is 5.92 Å². The molecule has 0 aliphatic carbocycles. The van der Waals surface area contributed by atoms with E-state index in [1.807, 2.05) is 0 Å². The van der Waals surface area contributed by atoms with E-state index in [0.717, 1.165) is 19.5 Å². The van der Waals surface area contributed by atoms with E-state index in [1.165, 1.54) is 0 Å². The van der Waals surface area contributed by atoms with Crippen LogP contribution in [0.2, 0.25) is 0 Å². The van der Waals surface area contributed by atoms with Crippen LogP contribution in [0.1, 0.15) is 19.3 Å². The number of alkyl halides is 4. The van der Waals surface area contributed by atoms with Crippen molar-refractivity contribution in [3.05, 3.63) is 0 Å². The fourth-order valence-electron chi connectivity index (χ4n) is 1.51. The van der Waals surface area contributed by atoms with E-state index in [-0.39, 0.29) is 5.92 Å². The molecule has 1 aliphatic rings. The zero-order chi connectivity index (χ0) is 9.90. The second-order valence-corrected chi connectivity index (χ2v) is 3.45. The fraction of sp³-hybridized carbons (Fsp3) is 1.00. The second-order valence-electron chi connectivity index (χ2n) is 3.45. The zero-order valence-electron chi connectivity index (χ0n) is 7.20. The van der Waals surface area contributed by atoms with Crippen LogP contribution >= 0.6 is 0 Å². The highest BCUT2D eigenvalue weighted by molar-refractivity contribution is 4.74. The molecule has 1 saturated heterocycles. The molecule has 5 heteroatoms. The first-order valence-corrected chi connectivity index (χ1v) is 4.41. The molecule has 0 spiro atoms. The van der Waals surface area contributed by atoms with Gasteiger partial charge in [0.2, 0.25) is 0 Å². The average molecular weight is 199 g/mol. The molecule has 1 nitrogen and oxygen atoms in total. The maximum atomic E-state index is 12.4. The standard InChI is InChI=1S/C8H13F4N/c9-7(8(10,11)12)2-1-6-3-4-13-5-6/h6-7,13H,1-5H2. The van der Waals surface area contributed by atoms with Gasteiger partial charge in [0.15, 0.2) is 6.17 Å². The van der Waals surface area contributed by atoms with Crippen molar-refractivity contribution in [2.75, 3.05) is 13.1 Å². The minimum atomic E-state index is -4.67. The molecule has 13 heavy (non-hydrogen) atoms. The predicted octanol–water partition coefficient (Wildman–Crippen LogP) is 2.28. The molecule has 1 rings (SSSR count). The summed E-state index contributed by atoms with van der Waals surface area (Å²) in [4.78, 5) is 0. The maximum Gasteiger partial charge on any atom is 0.419 e.